The van der Waals surface area contributed by atoms with Crippen molar-refractivity contribution in [1.29, 1.82) is 0 Å². The highest BCUT2D eigenvalue weighted by Crippen LogP contribution is 2.31. The first-order valence-corrected chi connectivity index (χ1v) is 11.4. The molecule has 1 N–H and O–H groups in total. The van der Waals surface area contributed by atoms with Gasteiger partial charge in [0.05, 0.1) is 12.1 Å². The van der Waals surface area contributed by atoms with Crippen molar-refractivity contribution >= 4 is 33.0 Å². The Hall–Kier alpha value is -3.43. The number of aryl methyl sites for hydroxylation is 2. The summed E-state index contributed by atoms with van der Waals surface area (Å²) in [7, 11) is -2.61. The van der Waals surface area contributed by atoms with E-state index in [9.17, 15) is 13.2 Å². The third-order valence-electron chi connectivity index (χ3n) is 4.87. The maximum absolute atomic E-state index is 13.0. The molecule has 0 fully saturated rings. The molecule has 0 amide bonds. The predicted octanol–water partition coefficient (Wildman–Crippen LogP) is 3.84. The molecule has 10 heteroatoms. The Morgan fingerprint density at radius 3 is 2.53 bits per heavy atom. The van der Waals surface area contributed by atoms with E-state index in [1.807, 2.05) is 6.92 Å². The first-order valence-electron chi connectivity index (χ1n) is 9.51. The van der Waals surface area contributed by atoms with Gasteiger partial charge in [-0.1, -0.05) is 17.7 Å². The summed E-state index contributed by atoms with van der Waals surface area (Å²) in [5.41, 5.74) is 3.03. The van der Waals surface area contributed by atoms with Gasteiger partial charge in [0.2, 0.25) is 5.88 Å². The molecule has 4 rings (SSSR count). The summed E-state index contributed by atoms with van der Waals surface area (Å²) in [5, 5.41) is 0.109. The van der Waals surface area contributed by atoms with Crippen LogP contribution in [0.15, 0.2) is 64.7 Å². The van der Waals surface area contributed by atoms with Gasteiger partial charge in [0, 0.05) is 35.3 Å². The number of anilines is 1. The number of rotatable bonds is 5. The monoisotopic (exact) mass is 470 g/mol. The zero-order chi connectivity index (χ0) is 23.0. The zero-order valence-electron chi connectivity index (χ0n) is 17.5. The molecule has 4 aromatic rings. The maximum Gasteiger partial charge on any atom is 0.263 e. The lowest BCUT2D eigenvalue weighted by Crippen LogP contribution is -2.17. The number of benzene rings is 1. The summed E-state index contributed by atoms with van der Waals surface area (Å²) in [4.78, 5) is 20.9. The number of methoxy groups -OCH3 is 1. The second kappa shape index (κ2) is 8.25. The van der Waals surface area contributed by atoms with Gasteiger partial charge in [-0.05, 0) is 49.7 Å². The summed E-state index contributed by atoms with van der Waals surface area (Å²) in [5.74, 6) is 0.0935. The van der Waals surface area contributed by atoms with Crippen molar-refractivity contribution in [2.75, 3.05) is 11.8 Å². The van der Waals surface area contributed by atoms with E-state index in [0.717, 1.165) is 5.56 Å². The average Bonchev–Trinajstić information content (AvgIpc) is 2.75. The molecule has 0 saturated carbocycles. The van der Waals surface area contributed by atoms with E-state index in [0.29, 0.717) is 22.3 Å². The number of nitrogens with zero attached hydrogens (tertiary/aromatic N) is 3. The Bertz CT molecular complexity index is 1520. The minimum atomic E-state index is -4.01. The van der Waals surface area contributed by atoms with Crippen molar-refractivity contribution in [2.24, 2.45) is 0 Å². The number of sulfonamides is 1. The van der Waals surface area contributed by atoms with Crippen LogP contribution in [0, 0.1) is 13.8 Å². The van der Waals surface area contributed by atoms with Crippen LogP contribution in [0.2, 0.25) is 5.02 Å². The fourth-order valence-corrected chi connectivity index (χ4v) is 4.86. The van der Waals surface area contributed by atoms with Crippen molar-refractivity contribution in [2.45, 2.75) is 18.7 Å². The zero-order valence-corrected chi connectivity index (χ0v) is 19.0. The predicted molar refractivity (Wildman–Crippen MR) is 123 cm³/mol. The lowest BCUT2D eigenvalue weighted by atomic mass is 10.1. The molecule has 3 heterocycles. The van der Waals surface area contributed by atoms with Crippen LogP contribution in [0.25, 0.3) is 16.8 Å². The minimum absolute atomic E-state index is 0.0592. The van der Waals surface area contributed by atoms with Crippen molar-refractivity contribution in [3.05, 3.63) is 81.5 Å². The Morgan fingerprint density at radius 2 is 1.81 bits per heavy atom. The van der Waals surface area contributed by atoms with Gasteiger partial charge in [-0.2, -0.15) is 0 Å². The second-order valence-corrected chi connectivity index (χ2v) is 9.27. The number of ether oxygens (including phenoxy) is 1. The molecular formula is C22H19ClN4O4S. The fourth-order valence-electron chi connectivity index (χ4n) is 3.21. The van der Waals surface area contributed by atoms with Gasteiger partial charge in [-0.25, -0.2) is 18.4 Å². The van der Waals surface area contributed by atoms with Crippen molar-refractivity contribution in [1.82, 2.24) is 14.4 Å². The molecule has 3 aromatic heterocycles. The molecule has 8 nitrogen and oxygen atoms in total. The summed E-state index contributed by atoms with van der Waals surface area (Å²) < 4.78 is 35.1. The lowest BCUT2D eigenvalue weighted by molar-refractivity contribution is 0.400. The summed E-state index contributed by atoms with van der Waals surface area (Å²) in [6, 6.07) is 9.74. The lowest BCUT2D eigenvalue weighted by Gasteiger charge is -2.14. The van der Waals surface area contributed by atoms with E-state index >= 15 is 0 Å². The molecule has 0 spiro atoms. The molecule has 164 valence electrons. The Morgan fingerprint density at radius 1 is 1.03 bits per heavy atom. The molecule has 0 bridgehead atoms. The molecule has 0 aliphatic carbocycles. The number of nitrogens with one attached hydrogen (secondary N) is 1. The SMILES string of the molecule is COc1ncc(-c2ccc3ncc(C)c(=O)n3c2)cc1NS(=O)(=O)c1ccc(C)cc1Cl. The van der Waals surface area contributed by atoms with Crippen LogP contribution < -0.4 is 15.0 Å². The molecule has 0 atom stereocenters. The fraction of sp³-hybridized carbons (Fsp3) is 0.136. The normalized spacial score (nSPS) is 11.5. The third kappa shape index (κ3) is 4.04. The van der Waals surface area contributed by atoms with Gasteiger partial charge in [0.1, 0.15) is 16.2 Å². The van der Waals surface area contributed by atoms with Crippen LogP contribution in [0.3, 0.4) is 0 Å². The largest absolute Gasteiger partial charge is 0.480 e. The van der Waals surface area contributed by atoms with E-state index in [1.165, 1.54) is 30.0 Å². The van der Waals surface area contributed by atoms with E-state index in [-0.39, 0.29) is 27.0 Å². The summed E-state index contributed by atoms with van der Waals surface area (Å²) >= 11 is 6.16. The van der Waals surface area contributed by atoms with Crippen LogP contribution in [0.1, 0.15) is 11.1 Å². The molecular weight excluding hydrogens is 452 g/mol. The topological polar surface area (TPSA) is 103 Å². The standard InChI is InChI=1S/C22H19ClN4O4S/c1-13-4-6-19(17(23)8-13)32(29,30)26-18-9-16(11-25-21(18)31-3)15-5-7-20-24-10-14(2)22(28)27(20)12-15/h4-12,26H,1-3H3. The number of halogens is 1. The van der Waals surface area contributed by atoms with Crippen LogP contribution >= 0.6 is 11.6 Å². The highest BCUT2D eigenvalue weighted by molar-refractivity contribution is 7.92. The van der Waals surface area contributed by atoms with Gasteiger partial charge < -0.3 is 4.74 Å². The van der Waals surface area contributed by atoms with Gasteiger partial charge >= 0.3 is 0 Å². The molecule has 0 aliphatic rings. The van der Waals surface area contributed by atoms with E-state index < -0.39 is 10.0 Å². The van der Waals surface area contributed by atoms with E-state index in [4.69, 9.17) is 16.3 Å². The first kappa shape index (κ1) is 21.8. The third-order valence-corrected chi connectivity index (χ3v) is 6.72. The number of hydrogen-bond acceptors (Lipinski definition) is 6. The number of aromatic nitrogens is 3. The summed E-state index contributed by atoms with van der Waals surface area (Å²) in [6.45, 7) is 3.50. The van der Waals surface area contributed by atoms with Gasteiger partial charge in [0.15, 0.2) is 0 Å². The van der Waals surface area contributed by atoms with E-state index in [2.05, 4.69) is 14.7 Å². The minimum Gasteiger partial charge on any atom is -0.480 e. The molecule has 32 heavy (non-hydrogen) atoms. The Labute approximate surface area is 189 Å². The van der Waals surface area contributed by atoms with Crippen LogP contribution in [0.5, 0.6) is 5.88 Å². The number of hydrogen-bond donors (Lipinski definition) is 1. The van der Waals surface area contributed by atoms with Gasteiger partial charge in [-0.15, -0.1) is 0 Å². The second-order valence-electron chi connectivity index (χ2n) is 7.21. The average molecular weight is 471 g/mol. The van der Waals surface area contributed by atoms with Crippen LogP contribution in [0.4, 0.5) is 5.69 Å². The van der Waals surface area contributed by atoms with Crippen LogP contribution in [-0.2, 0) is 10.0 Å². The summed E-state index contributed by atoms with van der Waals surface area (Å²) in [6.07, 6.45) is 4.69. The quantitative estimate of drug-likeness (QED) is 0.475. The smallest absolute Gasteiger partial charge is 0.263 e. The van der Waals surface area contributed by atoms with Gasteiger partial charge in [-0.3, -0.25) is 13.9 Å². The highest BCUT2D eigenvalue weighted by Gasteiger charge is 2.21. The van der Waals surface area contributed by atoms with Crippen LogP contribution in [-0.4, -0.2) is 29.9 Å². The van der Waals surface area contributed by atoms with Crippen molar-refractivity contribution in [3.63, 3.8) is 0 Å². The van der Waals surface area contributed by atoms with E-state index in [1.54, 1.807) is 43.5 Å². The maximum atomic E-state index is 13.0. The van der Waals surface area contributed by atoms with Gasteiger partial charge in [0.25, 0.3) is 15.6 Å². The van der Waals surface area contributed by atoms with Crippen molar-refractivity contribution < 1.29 is 13.2 Å². The number of fused-ring (bicyclic) bond motifs is 1. The molecule has 0 saturated heterocycles. The van der Waals surface area contributed by atoms with Crippen molar-refractivity contribution in [3.8, 4) is 17.0 Å². The highest BCUT2D eigenvalue weighted by atomic mass is 35.5. The first-order chi connectivity index (χ1) is 15.2. The number of pyridine rings is 2. The molecule has 1 aromatic carbocycles. The molecule has 0 radical (unpaired) electrons. The Kier molecular flexibility index (Phi) is 5.62. The Balaban J connectivity index is 1.79. The molecule has 0 aliphatic heterocycles. The molecule has 0 unspecified atom stereocenters.